The van der Waals surface area contributed by atoms with Gasteiger partial charge in [0.1, 0.15) is 0 Å². The molecule has 2 N–H and O–H groups in total. The number of aliphatic carboxylic acids is 1. The molecule has 0 spiro atoms. The van der Waals surface area contributed by atoms with Crippen molar-refractivity contribution in [2.24, 2.45) is 17.8 Å². The molecule has 2 rings (SSSR count). The summed E-state index contributed by atoms with van der Waals surface area (Å²) in [5.74, 6) is 0.0837. The molecule has 0 aromatic rings. The first-order chi connectivity index (χ1) is 8.16. The van der Waals surface area contributed by atoms with Gasteiger partial charge < -0.3 is 10.4 Å². The van der Waals surface area contributed by atoms with Gasteiger partial charge >= 0.3 is 5.97 Å². The molecule has 0 saturated heterocycles. The van der Waals surface area contributed by atoms with E-state index in [4.69, 9.17) is 5.11 Å². The van der Waals surface area contributed by atoms with Crippen molar-refractivity contribution in [1.82, 2.24) is 5.32 Å². The lowest BCUT2D eigenvalue weighted by Gasteiger charge is -2.25. The first-order valence-electron chi connectivity index (χ1n) is 6.67. The van der Waals surface area contributed by atoms with Gasteiger partial charge in [-0.25, -0.2) is 0 Å². The van der Waals surface area contributed by atoms with Gasteiger partial charge in [-0.1, -0.05) is 12.8 Å². The van der Waals surface area contributed by atoms with E-state index in [0.29, 0.717) is 12.8 Å². The predicted molar refractivity (Wildman–Crippen MR) is 63.4 cm³/mol. The predicted octanol–water partition coefficient (Wildman–Crippen LogP) is 1.79. The molecule has 0 unspecified atom stereocenters. The fourth-order valence-electron chi connectivity index (χ4n) is 2.55. The van der Waals surface area contributed by atoms with Gasteiger partial charge in [0, 0.05) is 12.5 Å². The lowest BCUT2D eigenvalue weighted by Crippen LogP contribution is -2.35. The summed E-state index contributed by atoms with van der Waals surface area (Å²) in [6.07, 6.45) is 6.50. The average Bonchev–Trinajstić information content (AvgIpc) is 3.13. The van der Waals surface area contributed by atoms with Crippen LogP contribution in [0.15, 0.2) is 0 Å². The summed E-state index contributed by atoms with van der Waals surface area (Å²) in [5, 5.41) is 11.9. The average molecular weight is 239 g/mol. The molecule has 2 aliphatic rings. The van der Waals surface area contributed by atoms with E-state index in [1.165, 1.54) is 12.8 Å². The van der Waals surface area contributed by atoms with Crippen LogP contribution in [-0.2, 0) is 9.59 Å². The second kappa shape index (κ2) is 5.52. The van der Waals surface area contributed by atoms with E-state index >= 15 is 0 Å². The van der Waals surface area contributed by atoms with E-state index in [1.807, 2.05) is 0 Å². The molecule has 0 atom stereocenters. The number of carbonyl (C=O) groups is 2. The van der Waals surface area contributed by atoms with Crippen molar-refractivity contribution in [3.05, 3.63) is 0 Å². The minimum absolute atomic E-state index is 0.0461. The molecule has 0 aliphatic heterocycles. The Hall–Kier alpha value is -1.06. The number of hydrogen-bond acceptors (Lipinski definition) is 2. The number of nitrogens with one attached hydrogen (secondary N) is 1. The summed E-state index contributed by atoms with van der Waals surface area (Å²) in [7, 11) is 0. The number of carbonyl (C=O) groups excluding carboxylic acids is 1. The Kier molecular flexibility index (Phi) is 4.02. The third kappa shape index (κ3) is 3.72. The third-order valence-electron chi connectivity index (χ3n) is 4.00. The summed E-state index contributed by atoms with van der Waals surface area (Å²) in [5.41, 5.74) is 0. The highest BCUT2D eigenvalue weighted by atomic mass is 16.4. The van der Waals surface area contributed by atoms with E-state index in [-0.39, 0.29) is 17.7 Å². The highest BCUT2D eigenvalue weighted by molar-refractivity contribution is 5.79. The Bertz CT molecular complexity index is 291. The maximum atomic E-state index is 11.8. The van der Waals surface area contributed by atoms with Gasteiger partial charge in [0.2, 0.25) is 5.91 Å². The van der Waals surface area contributed by atoms with Crippen LogP contribution in [0.4, 0.5) is 0 Å². The topological polar surface area (TPSA) is 66.4 Å². The quantitative estimate of drug-likeness (QED) is 0.768. The van der Waals surface area contributed by atoms with Crippen molar-refractivity contribution in [3.8, 4) is 0 Å². The molecule has 1 amide bonds. The summed E-state index contributed by atoms with van der Waals surface area (Å²) < 4.78 is 0. The second-order valence-electron chi connectivity index (χ2n) is 5.41. The molecule has 0 radical (unpaired) electrons. The molecule has 96 valence electrons. The monoisotopic (exact) mass is 239 g/mol. The van der Waals surface area contributed by atoms with Gasteiger partial charge in [-0.3, -0.25) is 9.59 Å². The highest BCUT2D eigenvalue weighted by Crippen LogP contribution is 2.32. The van der Waals surface area contributed by atoms with E-state index in [1.54, 1.807) is 0 Å². The molecule has 0 aromatic heterocycles. The minimum atomic E-state index is -0.711. The first kappa shape index (κ1) is 12.4. The van der Waals surface area contributed by atoms with E-state index in [9.17, 15) is 9.59 Å². The zero-order chi connectivity index (χ0) is 12.3. The molecule has 2 saturated carbocycles. The van der Waals surface area contributed by atoms with Crippen molar-refractivity contribution in [1.29, 1.82) is 0 Å². The van der Waals surface area contributed by atoms with Gasteiger partial charge in [-0.05, 0) is 38.0 Å². The van der Waals surface area contributed by atoms with Gasteiger partial charge in [0.25, 0.3) is 0 Å². The Morgan fingerprint density at radius 3 is 2.12 bits per heavy atom. The van der Waals surface area contributed by atoms with Crippen molar-refractivity contribution < 1.29 is 14.7 Å². The van der Waals surface area contributed by atoms with Gasteiger partial charge in [-0.15, -0.1) is 0 Å². The lowest BCUT2D eigenvalue weighted by molar-refractivity contribution is -0.144. The first-order valence-corrected chi connectivity index (χ1v) is 6.67. The molecule has 0 bridgehead atoms. The van der Waals surface area contributed by atoms with Crippen molar-refractivity contribution in [2.75, 3.05) is 6.54 Å². The number of carboxylic acid groups (broad SMARTS) is 1. The highest BCUT2D eigenvalue weighted by Gasteiger charge is 2.29. The molecule has 4 nitrogen and oxygen atoms in total. The number of rotatable bonds is 5. The smallest absolute Gasteiger partial charge is 0.306 e. The Balaban J connectivity index is 1.64. The molecule has 0 aromatic carbocycles. The molecule has 2 aliphatic carbocycles. The van der Waals surface area contributed by atoms with E-state index in [0.717, 1.165) is 31.7 Å². The molecule has 0 heterocycles. The van der Waals surface area contributed by atoms with E-state index < -0.39 is 5.97 Å². The van der Waals surface area contributed by atoms with Crippen LogP contribution in [-0.4, -0.2) is 23.5 Å². The van der Waals surface area contributed by atoms with Crippen LogP contribution in [0.1, 0.15) is 44.9 Å². The number of carboxylic acids is 1. The fourth-order valence-corrected chi connectivity index (χ4v) is 2.55. The molecule has 17 heavy (non-hydrogen) atoms. The fraction of sp³-hybridized carbons (Fsp3) is 0.846. The Labute approximate surface area is 102 Å². The van der Waals surface area contributed by atoms with Crippen LogP contribution in [0.5, 0.6) is 0 Å². The van der Waals surface area contributed by atoms with E-state index in [2.05, 4.69) is 5.32 Å². The molecule has 4 heteroatoms. The summed E-state index contributed by atoms with van der Waals surface area (Å²) in [6.45, 7) is 0.794. The SMILES string of the molecule is O=C(O)C1CCC(C(=O)NCCC2CC2)CC1. The summed E-state index contributed by atoms with van der Waals surface area (Å²) in [4.78, 5) is 22.6. The molecule has 2 fully saturated rings. The van der Waals surface area contributed by atoms with Crippen LogP contribution in [0.2, 0.25) is 0 Å². The zero-order valence-corrected chi connectivity index (χ0v) is 10.2. The third-order valence-corrected chi connectivity index (χ3v) is 4.00. The van der Waals surface area contributed by atoms with Crippen LogP contribution in [0, 0.1) is 17.8 Å². The minimum Gasteiger partial charge on any atom is -0.481 e. The standard InChI is InChI=1S/C13H21NO3/c15-12(14-8-7-9-1-2-9)10-3-5-11(6-4-10)13(16)17/h9-11H,1-8H2,(H,14,15)(H,16,17). The van der Waals surface area contributed by atoms with Crippen molar-refractivity contribution in [2.45, 2.75) is 44.9 Å². The van der Waals surface area contributed by atoms with Gasteiger partial charge in [0.05, 0.1) is 5.92 Å². The molecular weight excluding hydrogens is 218 g/mol. The van der Waals surface area contributed by atoms with Gasteiger partial charge in [-0.2, -0.15) is 0 Å². The lowest BCUT2D eigenvalue weighted by atomic mass is 9.81. The second-order valence-corrected chi connectivity index (χ2v) is 5.41. The number of amides is 1. The zero-order valence-electron chi connectivity index (χ0n) is 10.2. The van der Waals surface area contributed by atoms with Crippen molar-refractivity contribution >= 4 is 11.9 Å². The van der Waals surface area contributed by atoms with Crippen LogP contribution >= 0.6 is 0 Å². The van der Waals surface area contributed by atoms with Crippen LogP contribution in [0.25, 0.3) is 0 Å². The summed E-state index contributed by atoms with van der Waals surface area (Å²) >= 11 is 0. The largest absolute Gasteiger partial charge is 0.481 e. The van der Waals surface area contributed by atoms with Crippen molar-refractivity contribution in [3.63, 3.8) is 0 Å². The number of hydrogen-bond donors (Lipinski definition) is 2. The summed E-state index contributed by atoms with van der Waals surface area (Å²) in [6, 6.07) is 0. The molecular formula is C13H21NO3. The Morgan fingerprint density at radius 2 is 1.59 bits per heavy atom. The van der Waals surface area contributed by atoms with Gasteiger partial charge in [0.15, 0.2) is 0 Å². The van der Waals surface area contributed by atoms with Crippen LogP contribution < -0.4 is 5.32 Å². The Morgan fingerprint density at radius 1 is 1.00 bits per heavy atom. The van der Waals surface area contributed by atoms with Crippen LogP contribution in [0.3, 0.4) is 0 Å². The maximum Gasteiger partial charge on any atom is 0.306 e. The maximum absolute atomic E-state index is 11.8. The normalized spacial score (nSPS) is 28.7.